The Labute approximate surface area is 88.7 Å². The zero-order valence-electron chi connectivity index (χ0n) is 9.08. The average Bonchev–Trinajstić information content (AvgIpc) is 2.53. The van der Waals surface area contributed by atoms with E-state index in [1.165, 1.54) is 16.2 Å². The van der Waals surface area contributed by atoms with Gasteiger partial charge in [-0.05, 0) is 37.0 Å². The van der Waals surface area contributed by atoms with Gasteiger partial charge in [0.1, 0.15) is 11.0 Å². The summed E-state index contributed by atoms with van der Waals surface area (Å²) in [5, 5.41) is 2.53. The predicted molar refractivity (Wildman–Crippen MR) is 62.9 cm³/mol. The molecule has 0 radical (unpaired) electrons. The Morgan fingerprint density at radius 2 is 2.20 bits per heavy atom. The number of aryl methyl sites for hydroxylation is 1. The quantitative estimate of drug-likeness (QED) is 0.633. The first-order chi connectivity index (χ1) is 7.24. The van der Waals surface area contributed by atoms with Gasteiger partial charge in [0.05, 0.1) is 0 Å². The van der Waals surface area contributed by atoms with Crippen molar-refractivity contribution in [3.05, 3.63) is 34.4 Å². The van der Waals surface area contributed by atoms with Gasteiger partial charge in [0.2, 0.25) is 0 Å². The highest BCUT2D eigenvalue weighted by atomic mass is 16.3. The molecule has 1 unspecified atom stereocenters. The van der Waals surface area contributed by atoms with Crippen molar-refractivity contribution >= 4 is 23.1 Å². The van der Waals surface area contributed by atoms with Crippen LogP contribution in [0, 0.1) is 12.8 Å². The van der Waals surface area contributed by atoms with Crippen molar-refractivity contribution < 1.29 is 4.42 Å². The molecule has 1 atom stereocenters. The second kappa shape index (κ2) is 2.99. The summed E-state index contributed by atoms with van der Waals surface area (Å²) in [5.74, 6) is 0.596. The van der Waals surface area contributed by atoms with Crippen molar-refractivity contribution in [3.63, 3.8) is 0 Å². The van der Waals surface area contributed by atoms with Crippen LogP contribution in [0.25, 0.3) is 23.1 Å². The van der Waals surface area contributed by atoms with Gasteiger partial charge in [-0.2, -0.15) is 0 Å². The first-order valence-electron chi connectivity index (χ1n) is 5.45. The van der Waals surface area contributed by atoms with Crippen LogP contribution in [0.2, 0.25) is 0 Å². The summed E-state index contributed by atoms with van der Waals surface area (Å²) >= 11 is 0. The van der Waals surface area contributed by atoms with Gasteiger partial charge < -0.3 is 4.42 Å². The minimum absolute atomic E-state index is 0.596. The molecule has 1 aliphatic rings. The third-order valence-corrected chi connectivity index (χ3v) is 3.04. The lowest BCUT2D eigenvalue weighted by molar-refractivity contribution is 0.565. The molecule has 0 spiro atoms. The molecule has 0 saturated heterocycles. The Kier molecular flexibility index (Phi) is 1.75. The molecular weight excluding hydrogens is 184 g/mol. The standard InChI is InChI=1S/C14H14O/c1-9-3-5-11-12-6-4-10(2)8-14(12)15-13(11)7-9/h3,5-8,10H,4H2,1-2H3. The van der Waals surface area contributed by atoms with Crippen LogP contribution in [-0.2, 0) is 0 Å². The molecule has 1 nitrogen and oxygen atoms in total. The Morgan fingerprint density at radius 3 is 3.07 bits per heavy atom. The lowest BCUT2D eigenvalue weighted by atomic mass is 10.0. The zero-order chi connectivity index (χ0) is 10.4. The number of hydrogen-bond donors (Lipinski definition) is 0. The van der Waals surface area contributed by atoms with E-state index in [0.29, 0.717) is 5.92 Å². The Morgan fingerprint density at radius 1 is 1.33 bits per heavy atom. The summed E-state index contributed by atoms with van der Waals surface area (Å²) in [4.78, 5) is 0. The summed E-state index contributed by atoms with van der Waals surface area (Å²) < 4.78 is 5.85. The minimum Gasteiger partial charge on any atom is -0.456 e. The summed E-state index contributed by atoms with van der Waals surface area (Å²) in [5.41, 5.74) is 3.32. The number of hydrogen-bond acceptors (Lipinski definition) is 1. The average molecular weight is 198 g/mol. The Bertz CT molecular complexity index is 631. The molecule has 0 saturated carbocycles. The van der Waals surface area contributed by atoms with Crippen LogP contribution in [0.15, 0.2) is 22.6 Å². The van der Waals surface area contributed by atoms with E-state index in [4.69, 9.17) is 4.42 Å². The van der Waals surface area contributed by atoms with Gasteiger partial charge in [0, 0.05) is 10.6 Å². The lowest BCUT2D eigenvalue weighted by Gasteiger charge is -2.02. The zero-order valence-corrected chi connectivity index (χ0v) is 9.08. The monoisotopic (exact) mass is 198 g/mol. The maximum absolute atomic E-state index is 5.85. The van der Waals surface area contributed by atoms with Crippen LogP contribution < -0.4 is 10.6 Å². The lowest BCUT2D eigenvalue weighted by Crippen LogP contribution is -2.24. The smallest absolute Gasteiger partial charge is 0.135 e. The second-order valence-electron chi connectivity index (χ2n) is 4.46. The van der Waals surface area contributed by atoms with Crippen LogP contribution in [-0.4, -0.2) is 0 Å². The summed E-state index contributed by atoms with van der Waals surface area (Å²) in [7, 11) is 0. The molecule has 1 aromatic heterocycles. The van der Waals surface area contributed by atoms with E-state index in [1.807, 2.05) is 0 Å². The first kappa shape index (κ1) is 8.78. The minimum atomic E-state index is 0.596. The molecule has 0 amide bonds. The number of benzene rings is 1. The summed E-state index contributed by atoms with van der Waals surface area (Å²) in [6.07, 6.45) is 5.64. The fourth-order valence-corrected chi connectivity index (χ4v) is 2.21. The van der Waals surface area contributed by atoms with Crippen LogP contribution >= 0.6 is 0 Å². The molecule has 0 aliphatic heterocycles. The Balaban J connectivity index is 2.47. The molecule has 0 bridgehead atoms. The molecule has 0 N–H and O–H groups in total. The largest absolute Gasteiger partial charge is 0.456 e. The summed E-state index contributed by atoms with van der Waals surface area (Å²) in [6.45, 7) is 4.31. The van der Waals surface area contributed by atoms with Gasteiger partial charge in [-0.25, -0.2) is 0 Å². The van der Waals surface area contributed by atoms with Crippen LogP contribution in [0.3, 0.4) is 0 Å². The Hall–Kier alpha value is -1.50. The van der Waals surface area contributed by atoms with Gasteiger partial charge in [0.25, 0.3) is 0 Å². The molecule has 1 aromatic carbocycles. The van der Waals surface area contributed by atoms with Gasteiger partial charge >= 0.3 is 0 Å². The van der Waals surface area contributed by atoms with E-state index >= 15 is 0 Å². The van der Waals surface area contributed by atoms with E-state index in [0.717, 1.165) is 17.4 Å². The van der Waals surface area contributed by atoms with Crippen LogP contribution in [0.5, 0.6) is 0 Å². The van der Waals surface area contributed by atoms with Crippen molar-refractivity contribution in [2.75, 3.05) is 0 Å². The highest BCUT2D eigenvalue weighted by molar-refractivity contribution is 5.80. The normalized spacial score (nSPS) is 19.5. The topological polar surface area (TPSA) is 13.1 Å². The molecule has 3 rings (SSSR count). The van der Waals surface area contributed by atoms with Crippen molar-refractivity contribution in [2.24, 2.45) is 5.92 Å². The first-order valence-corrected chi connectivity index (χ1v) is 5.45. The van der Waals surface area contributed by atoms with E-state index in [-0.39, 0.29) is 0 Å². The third-order valence-electron chi connectivity index (χ3n) is 3.04. The molecule has 2 aromatic rings. The number of fused-ring (bicyclic) bond motifs is 3. The van der Waals surface area contributed by atoms with E-state index in [2.05, 4.69) is 44.2 Å². The van der Waals surface area contributed by atoms with E-state index in [9.17, 15) is 0 Å². The molecule has 15 heavy (non-hydrogen) atoms. The predicted octanol–water partition coefficient (Wildman–Crippen LogP) is 2.34. The van der Waals surface area contributed by atoms with Crippen molar-refractivity contribution in [3.8, 4) is 0 Å². The second-order valence-corrected chi connectivity index (χ2v) is 4.46. The fourth-order valence-electron chi connectivity index (χ4n) is 2.21. The van der Waals surface area contributed by atoms with Crippen molar-refractivity contribution in [2.45, 2.75) is 20.3 Å². The fraction of sp³-hybridized carbons (Fsp3) is 0.286. The van der Waals surface area contributed by atoms with Crippen LogP contribution in [0.1, 0.15) is 18.9 Å². The highest BCUT2D eigenvalue weighted by Gasteiger charge is 2.08. The van der Waals surface area contributed by atoms with E-state index < -0.39 is 0 Å². The third kappa shape index (κ3) is 1.30. The molecule has 1 heterocycles. The maximum atomic E-state index is 5.85. The van der Waals surface area contributed by atoms with Crippen molar-refractivity contribution in [1.82, 2.24) is 0 Å². The molecular formula is C14H14O. The number of furan rings is 1. The van der Waals surface area contributed by atoms with Gasteiger partial charge in [-0.3, -0.25) is 0 Å². The maximum Gasteiger partial charge on any atom is 0.135 e. The highest BCUT2D eigenvalue weighted by Crippen LogP contribution is 2.14. The SMILES string of the molecule is Cc1ccc2c3c(oc2c1)=CC(C)CC=3. The van der Waals surface area contributed by atoms with Gasteiger partial charge in [0.15, 0.2) is 0 Å². The van der Waals surface area contributed by atoms with E-state index in [1.54, 1.807) is 0 Å². The molecule has 76 valence electrons. The molecule has 0 fully saturated rings. The number of rotatable bonds is 0. The van der Waals surface area contributed by atoms with Gasteiger partial charge in [-0.15, -0.1) is 0 Å². The van der Waals surface area contributed by atoms with Crippen LogP contribution in [0.4, 0.5) is 0 Å². The van der Waals surface area contributed by atoms with Crippen molar-refractivity contribution in [1.29, 1.82) is 0 Å². The molecule has 1 aliphatic carbocycles. The van der Waals surface area contributed by atoms with Gasteiger partial charge in [-0.1, -0.05) is 25.1 Å². The molecule has 1 heteroatoms. The summed E-state index contributed by atoms with van der Waals surface area (Å²) in [6, 6.07) is 6.41.